The van der Waals surface area contributed by atoms with Gasteiger partial charge in [-0.25, -0.2) is 0 Å². The number of anilines is 2. The quantitative estimate of drug-likeness (QED) is 0.883. The first-order valence-corrected chi connectivity index (χ1v) is 7.47. The van der Waals surface area contributed by atoms with E-state index in [0.29, 0.717) is 0 Å². The van der Waals surface area contributed by atoms with E-state index in [9.17, 15) is 0 Å². The Bertz CT molecular complexity index is 572. The predicted octanol–water partition coefficient (Wildman–Crippen LogP) is 4.18. The third-order valence-electron chi connectivity index (χ3n) is 4.09. The van der Waals surface area contributed by atoms with Gasteiger partial charge in [0, 0.05) is 24.0 Å². The third kappa shape index (κ3) is 2.56. The zero-order chi connectivity index (χ0) is 13.9. The van der Waals surface area contributed by atoms with Crippen LogP contribution in [0.3, 0.4) is 0 Å². The third-order valence-corrected chi connectivity index (χ3v) is 4.09. The Morgan fingerprint density at radius 1 is 1.00 bits per heavy atom. The SMILES string of the molecule is C[C@@H](N)c1ccc(N2CCCCc3ccccc32)cc1. The molecule has 0 radical (unpaired) electrons. The molecule has 0 amide bonds. The second-order valence-electron chi connectivity index (χ2n) is 5.62. The summed E-state index contributed by atoms with van der Waals surface area (Å²) in [5.74, 6) is 0. The van der Waals surface area contributed by atoms with Gasteiger partial charge in [-0.2, -0.15) is 0 Å². The van der Waals surface area contributed by atoms with E-state index in [4.69, 9.17) is 5.73 Å². The molecule has 0 aromatic heterocycles. The highest BCUT2D eigenvalue weighted by molar-refractivity contribution is 5.67. The standard InChI is InChI=1S/C18H22N2/c1-14(19)15-9-11-17(12-10-15)20-13-5-4-7-16-6-2-3-8-18(16)20/h2-3,6,8-12,14H,4-5,7,13,19H2,1H3/t14-/m1/s1. The molecule has 0 fully saturated rings. The maximum atomic E-state index is 5.93. The van der Waals surface area contributed by atoms with Gasteiger partial charge in [0.1, 0.15) is 0 Å². The summed E-state index contributed by atoms with van der Waals surface area (Å²) in [5, 5.41) is 0. The van der Waals surface area contributed by atoms with Crippen molar-refractivity contribution in [3.8, 4) is 0 Å². The normalized spacial score (nSPS) is 16.4. The molecule has 2 aromatic rings. The average Bonchev–Trinajstić information content (AvgIpc) is 2.69. The molecule has 2 heteroatoms. The van der Waals surface area contributed by atoms with Crippen LogP contribution in [0, 0.1) is 0 Å². The largest absolute Gasteiger partial charge is 0.341 e. The summed E-state index contributed by atoms with van der Waals surface area (Å²) in [7, 11) is 0. The van der Waals surface area contributed by atoms with Gasteiger partial charge < -0.3 is 10.6 Å². The fraction of sp³-hybridized carbons (Fsp3) is 0.333. The minimum atomic E-state index is 0.0977. The minimum absolute atomic E-state index is 0.0977. The maximum Gasteiger partial charge on any atom is 0.0443 e. The summed E-state index contributed by atoms with van der Waals surface area (Å²) in [5.41, 5.74) is 11.2. The van der Waals surface area contributed by atoms with Crippen molar-refractivity contribution in [1.82, 2.24) is 0 Å². The lowest BCUT2D eigenvalue weighted by Gasteiger charge is -2.25. The molecule has 0 aliphatic carbocycles. The van der Waals surface area contributed by atoms with Crippen molar-refractivity contribution in [1.29, 1.82) is 0 Å². The molecule has 1 aliphatic heterocycles. The predicted molar refractivity (Wildman–Crippen MR) is 85.4 cm³/mol. The maximum absolute atomic E-state index is 5.93. The highest BCUT2D eigenvalue weighted by atomic mass is 15.1. The molecule has 104 valence electrons. The van der Waals surface area contributed by atoms with Crippen LogP contribution >= 0.6 is 0 Å². The van der Waals surface area contributed by atoms with Crippen molar-refractivity contribution < 1.29 is 0 Å². The Kier molecular flexibility index (Phi) is 3.75. The van der Waals surface area contributed by atoms with Gasteiger partial charge in [-0.3, -0.25) is 0 Å². The summed E-state index contributed by atoms with van der Waals surface area (Å²) in [6.45, 7) is 3.12. The Morgan fingerprint density at radius 2 is 1.75 bits per heavy atom. The van der Waals surface area contributed by atoms with Gasteiger partial charge >= 0.3 is 0 Å². The van der Waals surface area contributed by atoms with Crippen molar-refractivity contribution in [2.75, 3.05) is 11.4 Å². The van der Waals surface area contributed by atoms with E-state index in [2.05, 4.69) is 53.4 Å². The molecule has 0 unspecified atom stereocenters. The van der Waals surface area contributed by atoms with Crippen LogP contribution in [0.25, 0.3) is 0 Å². The molecular formula is C18H22N2. The van der Waals surface area contributed by atoms with Crippen molar-refractivity contribution >= 4 is 11.4 Å². The highest BCUT2D eigenvalue weighted by Crippen LogP contribution is 2.32. The topological polar surface area (TPSA) is 29.3 Å². The molecule has 2 N–H and O–H groups in total. The minimum Gasteiger partial charge on any atom is -0.341 e. The summed E-state index contributed by atoms with van der Waals surface area (Å²) < 4.78 is 0. The summed E-state index contributed by atoms with van der Waals surface area (Å²) in [4.78, 5) is 2.44. The van der Waals surface area contributed by atoms with Crippen molar-refractivity contribution in [3.63, 3.8) is 0 Å². The van der Waals surface area contributed by atoms with Gasteiger partial charge in [0.05, 0.1) is 0 Å². The van der Waals surface area contributed by atoms with Crippen LogP contribution in [0.15, 0.2) is 48.5 Å². The summed E-state index contributed by atoms with van der Waals surface area (Å²) >= 11 is 0. The fourth-order valence-corrected chi connectivity index (χ4v) is 2.92. The van der Waals surface area contributed by atoms with Crippen molar-refractivity contribution in [3.05, 3.63) is 59.7 Å². The molecule has 0 bridgehead atoms. The number of nitrogens with two attached hydrogens (primary N) is 1. The Labute approximate surface area is 121 Å². The van der Waals surface area contributed by atoms with Gasteiger partial charge in [0.2, 0.25) is 0 Å². The molecule has 1 atom stereocenters. The number of fused-ring (bicyclic) bond motifs is 1. The van der Waals surface area contributed by atoms with E-state index >= 15 is 0 Å². The lowest BCUT2D eigenvalue weighted by Crippen LogP contribution is -2.18. The van der Waals surface area contributed by atoms with Crippen LogP contribution in [0.2, 0.25) is 0 Å². The van der Waals surface area contributed by atoms with E-state index in [1.807, 2.05) is 6.92 Å². The molecule has 20 heavy (non-hydrogen) atoms. The van der Waals surface area contributed by atoms with Crippen LogP contribution in [-0.2, 0) is 6.42 Å². The Morgan fingerprint density at radius 3 is 2.50 bits per heavy atom. The molecule has 1 heterocycles. The lowest BCUT2D eigenvalue weighted by molar-refractivity contribution is 0.760. The number of rotatable bonds is 2. The van der Waals surface area contributed by atoms with E-state index in [-0.39, 0.29) is 6.04 Å². The second-order valence-corrected chi connectivity index (χ2v) is 5.62. The second kappa shape index (κ2) is 5.68. The number of hydrogen-bond acceptors (Lipinski definition) is 2. The molecule has 3 rings (SSSR count). The summed E-state index contributed by atoms with van der Waals surface area (Å²) in [6, 6.07) is 17.5. The molecule has 2 nitrogen and oxygen atoms in total. The first kappa shape index (κ1) is 13.2. The number of benzene rings is 2. The monoisotopic (exact) mass is 266 g/mol. The number of hydrogen-bond donors (Lipinski definition) is 1. The smallest absolute Gasteiger partial charge is 0.0443 e. The van der Waals surface area contributed by atoms with Crippen LogP contribution in [0.5, 0.6) is 0 Å². The van der Waals surface area contributed by atoms with Gasteiger partial charge in [-0.15, -0.1) is 0 Å². The van der Waals surface area contributed by atoms with E-state index in [1.54, 1.807) is 0 Å². The van der Waals surface area contributed by atoms with E-state index in [0.717, 1.165) is 6.54 Å². The highest BCUT2D eigenvalue weighted by Gasteiger charge is 2.16. The molecule has 1 aliphatic rings. The first-order valence-electron chi connectivity index (χ1n) is 7.47. The van der Waals surface area contributed by atoms with Crippen LogP contribution in [-0.4, -0.2) is 6.54 Å². The first-order chi connectivity index (χ1) is 9.75. The Hall–Kier alpha value is -1.80. The van der Waals surface area contributed by atoms with Gasteiger partial charge in [0.15, 0.2) is 0 Å². The molecular weight excluding hydrogens is 244 g/mol. The van der Waals surface area contributed by atoms with Crippen molar-refractivity contribution in [2.45, 2.75) is 32.2 Å². The van der Waals surface area contributed by atoms with Crippen LogP contribution < -0.4 is 10.6 Å². The fourth-order valence-electron chi connectivity index (χ4n) is 2.92. The molecule has 0 saturated carbocycles. The van der Waals surface area contributed by atoms with Gasteiger partial charge in [0.25, 0.3) is 0 Å². The van der Waals surface area contributed by atoms with Crippen LogP contribution in [0.4, 0.5) is 11.4 Å². The lowest BCUT2D eigenvalue weighted by atomic mass is 10.1. The average molecular weight is 266 g/mol. The number of aryl methyl sites for hydroxylation is 1. The van der Waals surface area contributed by atoms with Crippen LogP contribution in [0.1, 0.15) is 36.9 Å². The zero-order valence-electron chi connectivity index (χ0n) is 12.0. The number of para-hydroxylation sites is 1. The summed E-state index contributed by atoms with van der Waals surface area (Å²) in [6.07, 6.45) is 3.69. The van der Waals surface area contributed by atoms with E-state index < -0.39 is 0 Å². The Balaban J connectivity index is 1.97. The van der Waals surface area contributed by atoms with Gasteiger partial charge in [-0.05, 0) is 55.5 Å². The molecule has 0 saturated heterocycles. The zero-order valence-corrected chi connectivity index (χ0v) is 12.0. The molecule has 2 aromatic carbocycles. The number of nitrogens with zero attached hydrogens (tertiary/aromatic N) is 1. The van der Waals surface area contributed by atoms with Crippen molar-refractivity contribution in [2.24, 2.45) is 5.73 Å². The van der Waals surface area contributed by atoms with Gasteiger partial charge in [-0.1, -0.05) is 30.3 Å². The van der Waals surface area contributed by atoms with E-state index in [1.165, 1.54) is 41.8 Å². The molecule has 0 spiro atoms.